The number of ketones is 1. The quantitative estimate of drug-likeness (QED) is 0.710. The van der Waals surface area contributed by atoms with Gasteiger partial charge >= 0.3 is 0 Å². The fourth-order valence-electron chi connectivity index (χ4n) is 3.53. The van der Waals surface area contributed by atoms with Crippen LogP contribution in [0.2, 0.25) is 0 Å². The van der Waals surface area contributed by atoms with Crippen molar-refractivity contribution in [3.05, 3.63) is 48.5 Å². The van der Waals surface area contributed by atoms with Crippen LogP contribution in [0.25, 0.3) is 5.69 Å². The zero-order valence-corrected chi connectivity index (χ0v) is 15.4. The van der Waals surface area contributed by atoms with Gasteiger partial charge in [0.25, 0.3) is 5.91 Å². The van der Waals surface area contributed by atoms with Crippen LogP contribution < -0.4 is 0 Å². The number of Topliss-reactive ketones (excluding diaryl/α,β-unsaturated/α-hetero) is 1. The summed E-state index contributed by atoms with van der Waals surface area (Å²) in [7, 11) is 0. The molecule has 2 heterocycles. The van der Waals surface area contributed by atoms with Crippen LogP contribution in [-0.4, -0.2) is 39.2 Å². The first-order chi connectivity index (χ1) is 12.7. The highest BCUT2D eigenvalue weighted by Crippen LogP contribution is 2.22. The smallest absolute Gasteiger partial charge is 0.253 e. The van der Waals surface area contributed by atoms with Gasteiger partial charge in [-0.3, -0.25) is 9.59 Å². The first-order valence-corrected chi connectivity index (χ1v) is 9.59. The van der Waals surface area contributed by atoms with Crippen molar-refractivity contribution >= 4 is 11.7 Å². The van der Waals surface area contributed by atoms with Gasteiger partial charge in [0.1, 0.15) is 5.78 Å². The second kappa shape index (κ2) is 8.79. The third-order valence-electron chi connectivity index (χ3n) is 5.18. The molecule has 1 aliphatic heterocycles. The van der Waals surface area contributed by atoms with Crippen LogP contribution in [-0.2, 0) is 4.79 Å². The lowest BCUT2D eigenvalue weighted by molar-refractivity contribution is -0.124. The summed E-state index contributed by atoms with van der Waals surface area (Å²) >= 11 is 0. The van der Waals surface area contributed by atoms with Crippen LogP contribution in [0.5, 0.6) is 0 Å². The number of hydrogen-bond donors (Lipinski definition) is 0. The number of piperidine rings is 1. The van der Waals surface area contributed by atoms with Gasteiger partial charge < -0.3 is 9.47 Å². The molecule has 138 valence electrons. The van der Waals surface area contributed by atoms with Crippen LogP contribution in [0, 0.1) is 5.92 Å². The Kier molecular flexibility index (Phi) is 6.21. The first kappa shape index (κ1) is 18.4. The number of carbonyl (C=O) groups is 2. The SMILES string of the molecule is CCCCCC(=O)C1CCN(C(=O)c2ccc(-n3ccnc3)cc2)CC1. The number of aromatic nitrogens is 2. The Bertz CT molecular complexity index is 714. The van der Waals surface area contributed by atoms with Gasteiger partial charge in [-0.1, -0.05) is 19.8 Å². The highest BCUT2D eigenvalue weighted by molar-refractivity contribution is 5.94. The molecule has 3 rings (SSSR count). The molecule has 0 radical (unpaired) electrons. The van der Waals surface area contributed by atoms with Crippen LogP contribution in [0.4, 0.5) is 0 Å². The molecule has 0 atom stereocenters. The minimum atomic E-state index is 0.0547. The summed E-state index contributed by atoms with van der Waals surface area (Å²) in [5.41, 5.74) is 1.68. The second-order valence-electron chi connectivity index (χ2n) is 7.01. The van der Waals surface area contributed by atoms with Crippen molar-refractivity contribution in [3.8, 4) is 5.69 Å². The largest absolute Gasteiger partial charge is 0.339 e. The van der Waals surface area contributed by atoms with E-state index in [1.54, 1.807) is 12.5 Å². The molecule has 2 aromatic rings. The van der Waals surface area contributed by atoms with E-state index in [1.807, 2.05) is 39.9 Å². The number of hydrogen-bond acceptors (Lipinski definition) is 3. The Morgan fingerprint density at radius 2 is 1.85 bits per heavy atom. The van der Waals surface area contributed by atoms with Crippen LogP contribution in [0.1, 0.15) is 55.8 Å². The van der Waals surface area contributed by atoms with Crippen LogP contribution >= 0.6 is 0 Å². The van der Waals surface area contributed by atoms with Crippen molar-refractivity contribution in [1.82, 2.24) is 14.5 Å². The molecule has 5 nitrogen and oxygen atoms in total. The average molecular weight is 353 g/mol. The number of likely N-dealkylation sites (tertiary alicyclic amines) is 1. The molecule has 0 N–H and O–H groups in total. The molecule has 0 bridgehead atoms. The van der Waals surface area contributed by atoms with E-state index in [9.17, 15) is 9.59 Å². The second-order valence-corrected chi connectivity index (χ2v) is 7.01. The molecule has 1 fully saturated rings. The van der Waals surface area contributed by atoms with E-state index in [-0.39, 0.29) is 11.8 Å². The maximum Gasteiger partial charge on any atom is 0.253 e. The molecule has 0 spiro atoms. The average Bonchev–Trinajstić information content (AvgIpc) is 3.23. The van der Waals surface area contributed by atoms with Gasteiger partial charge in [-0.15, -0.1) is 0 Å². The van der Waals surface area contributed by atoms with Crippen molar-refractivity contribution in [3.63, 3.8) is 0 Å². The predicted octanol–water partition coefficient (Wildman–Crippen LogP) is 3.87. The molecule has 1 saturated heterocycles. The van der Waals surface area contributed by atoms with E-state index >= 15 is 0 Å². The van der Waals surface area contributed by atoms with E-state index in [4.69, 9.17) is 0 Å². The van der Waals surface area contributed by atoms with Crippen molar-refractivity contribution in [2.24, 2.45) is 5.92 Å². The summed E-state index contributed by atoms with van der Waals surface area (Å²) in [6, 6.07) is 7.58. The number of unbranched alkanes of at least 4 members (excludes halogenated alkanes) is 2. The fraction of sp³-hybridized carbons (Fsp3) is 0.476. The number of rotatable bonds is 7. The Hall–Kier alpha value is -2.43. The summed E-state index contributed by atoms with van der Waals surface area (Å²) in [5, 5.41) is 0. The monoisotopic (exact) mass is 353 g/mol. The van der Waals surface area contributed by atoms with Crippen molar-refractivity contribution < 1.29 is 9.59 Å². The molecule has 0 aliphatic carbocycles. The summed E-state index contributed by atoms with van der Waals surface area (Å²) in [5.74, 6) is 0.578. The topological polar surface area (TPSA) is 55.2 Å². The number of nitrogens with zero attached hydrogens (tertiary/aromatic N) is 3. The summed E-state index contributed by atoms with van der Waals surface area (Å²) in [6.45, 7) is 3.50. The Labute approximate surface area is 155 Å². The van der Waals surface area contributed by atoms with E-state index in [0.29, 0.717) is 30.9 Å². The first-order valence-electron chi connectivity index (χ1n) is 9.59. The van der Waals surface area contributed by atoms with Crippen molar-refractivity contribution in [1.29, 1.82) is 0 Å². The standard InChI is InChI=1S/C21H27N3O2/c1-2-3-4-5-20(25)17-10-13-23(14-11-17)21(26)18-6-8-19(9-7-18)24-15-12-22-16-24/h6-9,12,15-17H,2-5,10-11,13-14H2,1H3. The lowest BCUT2D eigenvalue weighted by Gasteiger charge is -2.31. The van der Waals surface area contributed by atoms with E-state index in [1.165, 1.54) is 0 Å². The fourth-order valence-corrected chi connectivity index (χ4v) is 3.53. The van der Waals surface area contributed by atoms with Crippen LogP contribution in [0.3, 0.4) is 0 Å². The summed E-state index contributed by atoms with van der Waals surface area (Å²) < 4.78 is 1.91. The van der Waals surface area contributed by atoms with Gasteiger partial charge in [0.05, 0.1) is 6.33 Å². The van der Waals surface area contributed by atoms with Gasteiger partial charge in [0.15, 0.2) is 0 Å². The predicted molar refractivity (Wildman–Crippen MR) is 101 cm³/mol. The zero-order valence-electron chi connectivity index (χ0n) is 15.4. The molecule has 1 aliphatic rings. The highest BCUT2D eigenvalue weighted by atomic mass is 16.2. The van der Waals surface area contributed by atoms with E-state index < -0.39 is 0 Å². The third kappa shape index (κ3) is 4.40. The number of imidazole rings is 1. The molecular weight excluding hydrogens is 326 g/mol. The van der Waals surface area contributed by atoms with Gasteiger partial charge in [0, 0.05) is 49.1 Å². The number of amides is 1. The summed E-state index contributed by atoms with van der Waals surface area (Å²) in [4.78, 5) is 30.9. The lowest BCUT2D eigenvalue weighted by atomic mass is 9.89. The highest BCUT2D eigenvalue weighted by Gasteiger charge is 2.27. The zero-order chi connectivity index (χ0) is 18.4. The van der Waals surface area contributed by atoms with Gasteiger partial charge in [-0.25, -0.2) is 4.98 Å². The summed E-state index contributed by atoms with van der Waals surface area (Å²) in [6.07, 6.45) is 10.9. The molecule has 5 heteroatoms. The lowest BCUT2D eigenvalue weighted by Crippen LogP contribution is -2.40. The van der Waals surface area contributed by atoms with E-state index in [2.05, 4.69) is 11.9 Å². The normalized spacial score (nSPS) is 15.2. The molecule has 0 unspecified atom stereocenters. The van der Waals surface area contributed by atoms with Gasteiger partial charge in [-0.2, -0.15) is 0 Å². The molecule has 1 aromatic heterocycles. The Balaban J connectivity index is 1.53. The Morgan fingerprint density at radius 1 is 1.12 bits per heavy atom. The molecule has 0 saturated carbocycles. The molecule has 26 heavy (non-hydrogen) atoms. The van der Waals surface area contributed by atoms with Gasteiger partial charge in [0.2, 0.25) is 0 Å². The Morgan fingerprint density at radius 3 is 2.46 bits per heavy atom. The minimum absolute atomic E-state index is 0.0547. The number of benzene rings is 1. The van der Waals surface area contributed by atoms with Gasteiger partial charge in [-0.05, 0) is 43.5 Å². The van der Waals surface area contributed by atoms with Crippen molar-refractivity contribution in [2.45, 2.75) is 45.4 Å². The van der Waals surface area contributed by atoms with Crippen LogP contribution in [0.15, 0.2) is 43.0 Å². The maximum absolute atomic E-state index is 12.7. The molecule has 1 amide bonds. The third-order valence-corrected chi connectivity index (χ3v) is 5.18. The number of carbonyl (C=O) groups excluding carboxylic acids is 2. The minimum Gasteiger partial charge on any atom is -0.339 e. The maximum atomic E-state index is 12.7. The molecular formula is C21H27N3O2. The van der Waals surface area contributed by atoms with E-state index in [0.717, 1.165) is 37.8 Å². The van der Waals surface area contributed by atoms with Crippen molar-refractivity contribution in [2.75, 3.05) is 13.1 Å². The molecule has 1 aromatic carbocycles.